The van der Waals surface area contributed by atoms with E-state index in [1.54, 1.807) is 12.1 Å². The number of phenolic OH excluding ortho intramolecular Hbond substituents is 1. The van der Waals surface area contributed by atoms with Crippen molar-refractivity contribution in [3.8, 4) is 11.5 Å². The Labute approximate surface area is 68.2 Å². The summed E-state index contributed by atoms with van der Waals surface area (Å²) in [4.78, 5) is 10.2. The first-order valence-corrected chi connectivity index (χ1v) is 3.23. The second-order valence-electron chi connectivity index (χ2n) is 1.81. The summed E-state index contributed by atoms with van der Waals surface area (Å²) in [5.74, 6) is -0.0472. The normalized spacial score (nSPS) is 9.18. The predicted octanol–water partition coefficient (Wildman–Crippen LogP) is 2.13. The van der Waals surface area contributed by atoms with Gasteiger partial charge >= 0.3 is 5.43 Å². The van der Waals surface area contributed by atoms with Crippen LogP contribution in [0.15, 0.2) is 24.3 Å². The molecule has 0 aliphatic heterocycles. The van der Waals surface area contributed by atoms with Crippen LogP contribution >= 0.6 is 11.6 Å². The zero-order valence-corrected chi connectivity index (χ0v) is 6.21. The van der Waals surface area contributed by atoms with Crippen molar-refractivity contribution in [1.29, 1.82) is 0 Å². The van der Waals surface area contributed by atoms with Crippen LogP contribution in [0.1, 0.15) is 0 Å². The van der Waals surface area contributed by atoms with Gasteiger partial charge in [-0.25, -0.2) is 4.79 Å². The number of benzene rings is 1. The van der Waals surface area contributed by atoms with E-state index < -0.39 is 5.43 Å². The van der Waals surface area contributed by atoms with Crippen LogP contribution in [-0.2, 0) is 0 Å². The van der Waals surface area contributed by atoms with Crippen molar-refractivity contribution in [2.75, 3.05) is 0 Å². The first kappa shape index (κ1) is 7.88. The van der Waals surface area contributed by atoms with Crippen LogP contribution in [0.4, 0.5) is 4.79 Å². The average molecular weight is 173 g/mol. The Balaban J connectivity index is 2.86. The number of hydrogen-bond donors (Lipinski definition) is 1. The third kappa shape index (κ3) is 2.13. The lowest BCUT2D eigenvalue weighted by atomic mass is 10.3. The highest BCUT2D eigenvalue weighted by Gasteiger charge is 2.03. The standard InChI is InChI=1S/C7H5ClO3/c8-7(10)11-6-4-2-1-3-5(6)9/h1-4,9H. The summed E-state index contributed by atoms with van der Waals surface area (Å²) in [7, 11) is 0. The molecule has 1 rings (SSSR count). The number of aromatic hydroxyl groups is 1. The summed E-state index contributed by atoms with van der Waals surface area (Å²) in [5.41, 5.74) is -0.966. The van der Waals surface area contributed by atoms with Crippen molar-refractivity contribution in [2.45, 2.75) is 0 Å². The van der Waals surface area contributed by atoms with Crippen molar-refractivity contribution in [3.63, 3.8) is 0 Å². The van der Waals surface area contributed by atoms with E-state index in [9.17, 15) is 4.79 Å². The van der Waals surface area contributed by atoms with Gasteiger partial charge in [0.25, 0.3) is 0 Å². The maximum absolute atomic E-state index is 10.2. The van der Waals surface area contributed by atoms with Gasteiger partial charge < -0.3 is 9.84 Å². The molecule has 0 atom stereocenters. The maximum atomic E-state index is 10.2. The highest BCUT2D eigenvalue weighted by atomic mass is 35.5. The van der Waals surface area contributed by atoms with Gasteiger partial charge in [-0.1, -0.05) is 12.1 Å². The van der Waals surface area contributed by atoms with E-state index in [0.29, 0.717) is 0 Å². The van der Waals surface area contributed by atoms with E-state index in [2.05, 4.69) is 4.74 Å². The zero-order chi connectivity index (χ0) is 8.27. The summed E-state index contributed by atoms with van der Waals surface area (Å²) in [6.07, 6.45) is 0. The van der Waals surface area contributed by atoms with E-state index in [1.165, 1.54) is 12.1 Å². The first-order chi connectivity index (χ1) is 5.20. The Morgan fingerprint density at radius 3 is 2.64 bits per heavy atom. The summed E-state index contributed by atoms with van der Waals surface area (Å²) in [6, 6.07) is 6.07. The first-order valence-electron chi connectivity index (χ1n) is 2.85. The van der Waals surface area contributed by atoms with Gasteiger partial charge in [0.1, 0.15) is 0 Å². The molecule has 4 heteroatoms. The monoisotopic (exact) mass is 172 g/mol. The van der Waals surface area contributed by atoms with Crippen LogP contribution in [0.3, 0.4) is 0 Å². The number of ether oxygens (including phenoxy) is 1. The van der Waals surface area contributed by atoms with E-state index in [0.717, 1.165) is 0 Å². The number of phenols is 1. The smallest absolute Gasteiger partial charge is 0.409 e. The molecule has 0 aliphatic carbocycles. The Hall–Kier alpha value is -1.22. The fourth-order valence-electron chi connectivity index (χ4n) is 0.630. The molecule has 58 valence electrons. The molecular formula is C7H5ClO3. The third-order valence-electron chi connectivity index (χ3n) is 1.06. The molecule has 0 saturated heterocycles. The van der Waals surface area contributed by atoms with Crippen LogP contribution in [0.2, 0.25) is 0 Å². The fourth-order valence-corrected chi connectivity index (χ4v) is 0.713. The van der Waals surface area contributed by atoms with Gasteiger partial charge in [-0.05, 0) is 12.1 Å². The fraction of sp³-hybridized carbons (Fsp3) is 0. The van der Waals surface area contributed by atoms with Crippen LogP contribution in [0, 0.1) is 0 Å². The lowest BCUT2D eigenvalue weighted by Crippen LogP contribution is -1.95. The minimum Gasteiger partial charge on any atom is -0.504 e. The van der Waals surface area contributed by atoms with E-state index in [-0.39, 0.29) is 11.5 Å². The van der Waals surface area contributed by atoms with Crippen molar-refractivity contribution < 1.29 is 14.6 Å². The quantitative estimate of drug-likeness (QED) is 0.660. The van der Waals surface area contributed by atoms with Crippen molar-refractivity contribution in [1.82, 2.24) is 0 Å². The Morgan fingerprint density at radius 1 is 1.45 bits per heavy atom. The Bertz CT molecular complexity index is 272. The Morgan fingerprint density at radius 2 is 2.09 bits per heavy atom. The molecular weight excluding hydrogens is 168 g/mol. The molecule has 0 aromatic heterocycles. The van der Waals surface area contributed by atoms with Gasteiger partial charge in [-0.3, -0.25) is 0 Å². The van der Waals surface area contributed by atoms with Crippen LogP contribution < -0.4 is 4.74 Å². The van der Waals surface area contributed by atoms with Gasteiger partial charge in [-0.2, -0.15) is 0 Å². The molecule has 0 saturated carbocycles. The predicted molar refractivity (Wildman–Crippen MR) is 40.0 cm³/mol. The summed E-state index contributed by atoms with van der Waals surface area (Å²) in [6.45, 7) is 0. The van der Waals surface area contributed by atoms with Gasteiger partial charge in [0.05, 0.1) is 0 Å². The molecule has 0 amide bonds. The molecule has 0 heterocycles. The lowest BCUT2D eigenvalue weighted by Gasteiger charge is -2.00. The lowest BCUT2D eigenvalue weighted by molar-refractivity contribution is 0.223. The van der Waals surface area contributed by atoms with Gasteiger partial charge in [-0.15, -0.1) is 0 Å². The summed E-state index contributed by atoms with van der Waals surface area (Å²) < 4.78 is 4.42. The number of para-hydroxylation sites is 2. The average Bonchev–Trinajstić information content (AvgIpc) is 1.93. The summed E-state index contributed by atoms with van der Waals surface area (Å²) in [5, 5.41) is 9.02. The highest BCUT2D eigenvalue weighted by Crippen LogP contribution is 2.24. The van der Waals surface area contributed by atoms with Crippen molar-refractivity contribution in [3.05, 3.63) is 24.3 Å². The molecule has 11 heavy (non-hydrogen) atoms. The number of rotatable bonds is 1. The van der Waals surface area contributed by atoms with E-state index in [1.807, 2.05) is 0 Å². The minimum absolute atomic E-state index is 0.0625. The second kappa shape index (κ2) is 3.25. The number of carbonyl (C=O) groups is 1. The molecule has 0 spiro atoms. The SMILES string of the molecule is O=C(Cl)Oc1ccccc1O. The topological polar surface area (TPSA) is 46.5 Å². The van der Waals surface area contributed by atoms with E-state index >= 15 is 0 Å². The molecule has 0 unspecified atom stereocenters. The van der Waals surface area contributed by atoms with Crippen LogP contribution in [0.25, 0.3) is 0 Å². The second-order valence-corrected chi connectivity index (χ2v) is 2.12. The Kier molecular flexibility index (Phi) is 2.33. The van der Waals surface area contributed by atoms with Crippen LogP contribution in [-0.4, -0.2) is 10.5 Å². The molecule has 0 bridgehead atoms. The number of hydrogen-bond acceptors (Lipinski definition) is 3. The largest absolute Gasteiger partial charge is 0.504 e. The maximum Gasteiger partial charge on any atom is 0.409 e. The van der Waals surface area contributed by atoms with Gasteiger partial charge in [0, 0.05) is 11.6 Å². The molecule has 3 nitrogen and oxygen atoms in total. The number of carbonyl (C=O) groups excluding carboxylic acids is 1. The van der Waals surface area contributed by atoms with E-state index in [4.69, 9.17) is 16.7 Å². The zero-order valence-electron chi connectivity index (χ0n) is 5.45. The molecule has 1 aromatic carbocycles. The molecule has 1 aromatic rings. The summed E-state index contributed by atoms with van der Waals surface area (Å²) >= 11 is 4.91. The van der Waals surface area contributed by atoms with Crippen molar-refractivity contribution in [2.24, 2.45) is 0 Å². The molecule has 0 radical (unpaired) electrons. The number of halogens is 1. The molecule has 0 fully saturated rings. The molecule has 0 aliphatic rings. The van der Waals surface area contributed by atoms with Crippen LogP contribution in [0.5, 0.6) is 11.5 Å². The molecule has 1 N–H and O–H groups in total. The van der Waals surface area contributed by atoms with Crippen molar-refractivity contribution >= 4 is 17.0 Å². The van der Waals surface area contributed by atoms with Gasteiger partial charge in [0.2, 0.25) is 0 Å². The minimum atomic E-state index is -0.966. The third-order valence-corrected chi connectivity index (χ3v) is 1.13. The van der Waals surface area contributed by atoms with Gasteiger partial charge in [0.15, 0.2) is 11.5 Å². The highest BCUT2D eigenvalue weighted by molar-refractivity contribution is 6.61.